The molecule has 1 aromatic carbocycles. The first kappa shape index (κ1) is 26.2. The molecule has 2 aromatic rings. The van der Waals surface area contributed by atoms with E-state index < -0.39 is 26.4 Å². The van der Waals surface area contributed by atoms with Crippen LogP contribution in [0.2, 0.25) is 0 Å². The van der Waals surface area contributed by atoms with Gasteiger partial charge in [0, 0.05) is 31.7 Å². The van der Waals surface area contributed by atoms with Crippen molar-refractivity contribution in [1.29, 1.82) is 0 Å². The molecule has 0 spiro atoms. The summed E-state index contributed by atoms with van der Waals surface area (Å²) >= 11 is 0. The second-order valence-corrected chi connectivity index (χ2v) is 9.04. The lowest BCUT2D eigenvalue weighted by atomic mass is 9.96. The van der Waals surface area contributed by atoms with Crippen LogP contribution in [0, 0.1) is 17.7 Å². The smallest absolute Gasteiger partial charge is 0.326 e. The van der Waals surface area contributed by atoms with E-state index in [0.717, 1.165) is 43.5 Å². The maximum Gasteiger partial charge on any atom is 0.326 e. The summed E-state index contributed by atoms with van der Waals surface area (Å²) in [6, 6.07) is 7.41. The first-order chi connectivity index (χ1) is 14.8. The van der Waals surface area contributed by atoms with Gasteiger partial charge in [-0.05, 0) is 42.3 Å². The van der Waals surface area contributed by atoms with Crippen LogP contribution < -0.4 is 5.90 Å². The van der Waals surface area contributed by atoms with Gasteiger partial charge in [0.15, 0.2) is 14.6 Å². The molecule has 2 rings (SSSR count). The fraction of sp³-hybridized carbons (Fsp3) is 0.364. The standard InChI is InChI=1S/C22H24FNO4S.H3NO/c1-2-3-4-5-6-7-14-22(21(25)26,16-18-9-8-15-24-17-18)29(27,28)20-12-10-19(23)11-13-20;1-2/h8-13,15,17H,2-5,14,16H2,1H3,(H,25,26);2H,1H2. The van der Waals surface area contributed by atoms with Crippen LogP contribution in [0.25, 0.3) is 0 Å². The Morgan fingerprint density at radius 1 is 1.16 bits per heavy atom. The third-order valence-corrected chi connectivity index (χ3v) is 7.03. The van der Waals surface area contributed by atoms with E-state index in [9.17, 15) is 22.7 Å². The molecule has 0 bridgehead atoms. The zero-order valence-corrected chi connectivity index (χ0v) is 18.1. The van der Waals surface area contributed by atoms with E-state index in [1.54, 1.807) is 12.1 Å². The van der Waals surface area contributed by atoms with Crippen molar-refractivity contribution in [2.45, 2.75) is 55.1 Å². The summed E-state index contributed by atoms with van der Waals surface area (Å²) in [6.07, 6.45) is 5.77. The number of sulfone groups is 1. The number of rotatable bonds is 9. The number of nitrogens with zero attached hydrogens (tertiary/aromatic N) is 1. The molecule has 1 atom stereocenters. The van der Waals surface area contributed by atoms with Gasteiger partial charge in [-0.1, -0.05) is 25.8 Å². The summed E-state index contributed by atoms with van der Waals surface area (Å²) in [7, 11) is -4.37. The van der Waals surface area contributed by atoms with Crippen molar-refractivity contribution in [2.75, 3.05) is 0 Å². The molecule has 0 radical (unpaired) electrons. The number of pyridine rings is 1. The molecule has 1 aromatic heterocycles. The summed E-state index contributed by atoms with van der Waals surface area (Å²) in [5.74, 6) is 7.07. The second kappa shape index (κ2) is 12.8. The lowest BCUT2D eigenvalue weighted by Gasteiger charge is -2.27. The van der Waals surface area contributed by atoms with Crippen molar-refractivity contribution in [3.8, 4) is 11.8 Å². The van der Waals surface area contributed by atoms with Crippen molar-refractivity contribution in [3.05, 3.63) is 60.2 Å². The number of carboxylic acids is 1. The largest absolute Gasteiger partial charge is 0.480 e. The molecular formula is C22H27FN2O5S. The molecule has 1 unspecified atom stereocenters. The van der Waals surface area contributed by atoms with Gasteiger partial charge in [0.2, 0.25) is 0 Å². The van der Waals surface area contributed by atoms with E-state index in [-0.39, 0.29) is 17.7 Å². The summed E-state index contributed by atoms with van der Waals surface area (Å²) < 4.78 is 37.9. The van der Waals surface area contributed by atoms with Gasteiger partial charge in [-0.25, -0.2) is 18.7 Å². The van der Waals surface area contributed by atoms with Gasteiger partial charge < -0.3 is 10.3 Å². The van der Waals surface area contributed by atoms with E-state index in [2.05, 4.69) is 29.6 Å². The quantitative estimate of drug-likeness (QED) is 0.231. The number of unbranched alkanes of at least 4 members (excludes halogenated alkanes) is 3. The van der Waals surface area contributed by atoms with Crippen molar-refractivity contribution < 1.29 is 27.9 Å². The number of benzene rings is 1. The number of hydrogen-bond donors (Lipinski definition) is 3. The monoisotopic (exact) mass is 450 g/mol. The van der Waals surface area contributed by atoms with Crippen molar-refractivity contribution in [1.82, 2.24) is 4.98 Å². The average Bonchev–Trinajstić information content (AvgIpc) is 2.77. The van der Waals surface area contributed by atoms with Crippen LogP contribution in [0.15, 0.2) is 53.7 Å². The Morgan fingerprint density at radius 2 is 1.84 bits per heavy atom. The van der Waals surface area contributed by atoms with E-state index in [4.69, 9.17) is 5.21 Å². The normalized spacial score (nSPS) is 12.5. The molecule has 4 N–H and O–H groups in total. The number of carbonyl (C=O) groups is 1. The van der Waals surface area contributed by atoms with Gasteiger partial charge >= 0.3 is 5.97 Å². The molecule has 1 heterocycles. The number of aromatic nitrogens is 1. The van der Waals surface area contributed by atoms with E-state index >= 15 is 0 Å². The fourth-order valence-electron chi connectivity index (χ4n) is 2.95. The van der Waals surface area contributed by atoms with E-state index in [0.29, 0.717) is 12.0 Å². The molecule has 0 aliphatic heterocycles. The zero-order valence-electron chi connectivity index (χ0n) is 17.3. The Balaban J connectivity index is 0.00000233. The molecule has 168 valence electrons. The van der Waals surface area contributed by atoms with Crippen LogP contribution >= 0.6 is 0 Å². The first-order valence-corrected chi connectivity index (χ1v) is 11.2. The third kappa shape index (κ3) is 6.85. The fourth-order valence-corrected chi connectivity index (χ4v) is 4.74. The van der Waals surface area contributed by atoms with Gasteiger partial charge in [-0.2, -0.15) is 0 Å². The van der Waals surface area contributed by atoms with Crippen LogP contribution in [0.5, 0.6) is 0 Å². The number of aliphatic carboxylic acids is 1. The maximum atomic E-state index is 13.4. The summed E-state index contributed by atoms with van der Waals surface area (Å²) in [5.41, 5.74) is 0.466. The average molecular weight is 451 g/mol. The van der Waals surface area contributed by atoms with Crippen LogP contribution in [-0.4, -0.2) is 34.4 Å². The number of carboxylic acid groups (broad SMARTS) is 1. The Hall–Kier alpha value is -2.80. The maximum absolute atomic E-state index is 13.4. The van der Waals surface area contributed by atoms with E-state index in [1.807, 2.05) is 0 Å². The zero-order chi connectivity index (χ0) is 23.3. The highest BCUT2D eigenvalue weighted by atomic mass is 32.2. The molecule has 0 fully saturated rings. The topological polar surface area (TPSA) is 131 Å². The highest BCUT2D eigenvalue weighted by Crippen LogP contribution is 2.33. The molecule has 0 saturated carbocycles. The molecular weight excluding hydrogens is 423 g/mol. The lowest BCUT2D eigenvalue weighted by Crippen LogP contribution is -2.48. The number of hydrogen-bond acceptors (Lipinski definition) is 6. The van der Waals surface area contributed by atoms with Crippen molar-refractivity contribution in [3.63, 3.8) is 0 Å². The minimum absolute atomic E-state index is 0.252. The SMILES string of the molecule is CCCCCC#CCC(Cc1cccnc1)(C(=O)O)S(=O)(=O)c1ccc(F)cc1.NO. The molecule has 0 aliphatic carbocycles. The van der Waals surface area contributed by atoms with Gasteiger partial charge in [-0.15, -0.1) is 11.8 Å². The molecule has 0 saturated heterocycles. The van der Waals surface area contributed by atoms with Crippen LogP contribution in [0.3, 0.4) is 0 Å². The molecule has 31 heavy (non-hydrogen) atoms. The third-order valence-electron chi connectivity index (χ3n) is 4.64. The Kier molecular flexibility index (Phi) is 10.8. The Labute approximate surface area is 182 Å². The molecule has 0 aliphatic rings. The van der Waals surface area contributed by atoms with Gasteiger partial charge in [-0.3, -0.25) is 9.78 Å². The van der Waals surface area contributed by atoms with E-state index in [1.165, 1.54) is 12.4 Å². The lowest BCUT2D eigenvalue weighted by molar-refractivity contribution is -0.140. The second-order valence-electron chi connectivity index (χ2n) is 6.78. The minimum Gasteiger partial charge on any atom is -0.480 e. The predicted octanol–water partition coefficient (Wildman–Crippen LogP) is 3.37. The Bertz CT molecular complexity index is 986. The highest BCUT2D eigenvalue weighted by molar-refractivity contribution is 7.93. The molecule has 7 nitrogen and oxygen atoms in total. The van der Waals surface area contributed by atoms with Crippen LogP contribution in [-0.2, 0) is 21.1 Å². The summed E-state index contributed by atoms with van der Waals surface area (Å²) in [4.78, 5) is 16.0. The minimum atomic E-state index is -4.37. The molecule has 0 amide bonds. The highest BCUT2D eigenvalue weighted by Gasteiger charge is 2.51. The van der Waals surface area contributed by atoms with Crippen LogP contribution in [0.4, 0.5) is 4.39 Å². The van der Waals surface area contributed by atoms with Crippen LogP contribution in [0.1, 0.15) is 44.6 Å². The van der Waals surface area contributed by atoms with Crippen molar-refractivity contribution in [2.24, 2.45) is 5.90 Å². The predicted molar refractivity (Wildman–Crippen MR) is 114 cm³/mol. The molecule has 9 heteroatoms. The van der Waals surface area contributed by atoms with Gasteiger partial charge in [0.05, 0.1) is 4.90 Å². The van der Waals surface area contributed by atoms with Gasteiger partial charge in [0.25, 0.3) is 0 Å². The Morgan fingerprint density at radius 3 is 2.39 bits per heavy atom. The van der Waals surface area contributed by atoms with Crippen molar-refractivity contribution >= 4 is 15.8 Å². The summed E-state index contributed by atoms with van der Waals surface area (Å²) in [6.45, 7) is 2.06. The summed E-state index contributed by atoms with van der Waals surface area (Å²) in [5, 5.41) is 16.5. The first-order valence-electron chi connectivity index (χ1n) is 9.67. The number of nitrogens with two attached hydrogens (primary N) is 1. The van der Waals surface area contributed by atoms with Gasteiger partial charge in [0.1, 0.15) is 5.82 Å². The number of halogens is 1.